The molecule has 0 bridgehead atoms. The van der Waals surface area contributed by atoms with Crippen molar-refractivity contribution in [2.24, 2.45) is 5.92 Å². The highest BCUT2D eigenvalue weighted by Crippen LogP contribution is 2.36. The Kier molecular flexibility index (Phi) is 4.43. The summed E-state index contributed by atoms with van der Waals surface area (Å²) in [6, 6.07) is 0.741. The molecule has 1 aliphatic carbocycles. The molecule has 1 aromatic heterocycles. The zero-order chi connectivity index (χ0) is 14.0. The summed E-state index contributed by atoms with van der Waals surface area (Å²) in [7, 11) is 2.80. The number of ether oxygens (including phenoxy) is 2. The third-order valence-electron chi connectivity index (χ3n) is 3.09. The maximum absolute atomic E-state index is 12.0. The third kappa shape index (κ3) is 3.26. The molecule has 104 valence electrons. The molecular weight excluding hydrogens is 363 g/mol. The van der Waals surface area contributed by atoms with Gasteiger partial charge >= 0.3 is 5.97 Å². The first kappa shape index (κ1) is 14.3. The van der Waals surface area contributed by atoms with Gasteiger partial charge in [0.05, 0.1) is 17.8 Å². The fraction of sp³-hybridized carbons (Fsp3) is 0.583. The van der Waals surface area contributed by atoms with E-state index in [0.717, 1.165) is 12.8 Å². The first-order valence-corrected chi connectivity index (χ1v) is 7.06. The van der Waals surface area contributed by atoms with E-state index in [0.29, 0.717) is 21.8 Å². The number of hydrogen-bond acceptors (Lipinski definition) is 5. The minimum absolute atomic E-state index is 0.318. The standard InChI is InChI=1S/C12H15IN2O4/c1-18-11-8(13)6-10(16)15(14-11)9(12(17)19-2)5-7-3-4-7/h6-7,9H,3-5H2,1-2H3. The number of methoxy groups -OCH3 is 2. The second-order valence-electron chi connectivity index (χ2n) is 4.50. The van der Waals surface area contributed by atoms with E-state index >= 15 is 0 Å². The first-order valence-electron chi connectivity index (χ1n) is 5.98. The van der Waals surface area contributed by atoms with Gasteiger partial charge in [-0.2, -0.15) is 0 Å². The molecule has 1 unspecified atom stereocenters. The van der Waals surface area contributed by atoms with Gasteiger partial charge in [0.2, 0.25) is 5.88 Å². The normalized spacial score (nSPS) is 15.9. The molecule has 1 fully saturated rings. The summed E-state index contributed by atoms with van der Waals surface area (Å²) < 4.78 is 11.7. The topological polar surface area (TPSA) is 70.4 Å². The van der Waals surface area contributed by atoms with Gasteiger partial charge in [0.25, 0.3) is 5.56 Å². The molecule has 1 aliphatic rings. The van der Waals surface area contributed by atoms with E-state index in [-0.39, 0.29) is 5.56 Å². The Morgan fingerprint density at radius 1 is 1.58 bits per heavy atom. The zero-order valence-electron chi connectivity index (χ0n) is 10.8. The van der Waals surface area contributed by atoms with Crippen LogP contribution in [0.2, 0.25) is 0 Å². The van der Waals surface area contributed by atoms with Gasteiger partial charge in [0.1, 0.15) is 0 Å². The Labute approximate surface area is 124 Å². The van der Waals surface area contributed by atoms with Crippen molar-refractivity contribution in [1.82, 2.24) is 9.78 Å². The van der Waals surface area contributed by atoms with Crippen LogP contribution in [0.1, 0.15) is 25.3 Å². The highest BCUT2D eigenvalue weighted by molar-refractivity contribution is 14.1. The average Bonchev–Trinajstić information content (AvgIpc) is 3.20. The van der Waals surface area contributed by atoms with Crippen molar-refractivity contribution in [2.45, 2.75) is 25.3 Å². The van der Waals surface area contributed by atoms with Crippen LogP contribution < -0.4 is 10.3 Å². The largest absolute Gasteiger partial charge is 0.479 e. The first-order chi connectivity index (χ1) is 9.06. The van der Waals surface area contributed by atoms with Crippen LogP contribution in [0.25, 0.3) is 0 Å². The van der Waals surface area contributed by atoms with Crippen LogP contribution >= 0.6 is 22.6 Å². The number of aromatic nitrogens is 2. The number of carbonyl (C=O) groups excluding carboxylic acids is 1. The predicted molar refractivity (Wildman–Crippen MR) is 76.2 cm³/mol. The van der Waals surface area contributed by atoms with Gasteiger partial charge in [-0.05, 0) is 34.9 Å². The maximum atomic E-state index is 12.0. The van der Waals surface area contributed by atoms with E-state index in [1.807, 2.05) is 22.6 Å². The van der Waals surface area contributed by atoms with Crippen molar-refractivity contribution < 1.29 is 14.3 Å². The predicted octanol–water partition coefficient (Wildman–Crippen LogP) is 1.37. The number of halogens is 1. The second-order valence-corrected chi connectivity index (χ2v) is 5.66. The molecule has 1 heterocycles. The molecule has 7 heteroatoms. The Balaban J connectivity index is 2.39. The van der Waals surface area contributed by atoms with Gasteiger partial charge in [-0.1, -0.05) is 12.8 Å². The van der Waals surface area contributed by atoms with Crippen LogP contribution in [0.4, 0.5) is 0 Å². The molecule has 6 nitrogen and oxygen atoms in total. The molecule has 0 aliphatic heterocycles. The van der Waals surface area contributed by atoms with Crippen LogP contribution in [0.15, 0.2) is 10.9 Å². The number of rotatable bonds is 5. The molecule has 0 amide bonds. The second kappa shape index (κ2) is 5.89. The SMILES string of the molecule is COC(=O)C(CC1CC1)n1nc(OC)c(I)cc1=O. The Morgan fingerprint density at radius 2 is 2.26 bits per heavy atom. The van der Waals surface area contributed by atoms with Gasteiger partial charge < -0.3 is 9.47 Å². The van der Waals surface area contributed by atoms with Crippen LogP contribution in [-0.4, -0.2) is 30.0 Å². The van der Waals surface area contributed by atoms with Gasteiger partial charge in [0.15, 0.2) is 6.04 Å². The molecule has 0 spiro atoms. The van der Waals surface area contributed by atoms with Crippen LogP contribution in [0.3, 0.4) is 0 Å². The van der Waals surface area contributed by atoms with E-state index in [9.17, 15) is 9.59 Å². The summed E-state index contributed by atoms with van der Waals surface area (Å²) in [5.74, 6) is 0.373. The molecule has 0 saturated heterocycles. The number of nitrogens with zero attached hydrogens (tertiary/aromatic N) is 2. The monoisotopic (exact) mass is 378 g/mol. The number of hydrogen-bond donors (Lipinski definition) is 0. The van der Waals surface area contributed by atoms with E-state index in [4.69, 9.17) is 9.47 Å². The van der Waals surface area contributed by atoms with Crippen molar-refractivity contribution >= 4 is 28.6 Å². The lowest BCUT2D eigenvalue weighted by Gasteiger charge is -2.16. The lowest BCUT2D eigenvalue weighted by Crippen LogP contribution is -2.33. The van der Waals surface area contributed by atoms with Crippen LogP contribution in [0, 0.1) is 9.49 Å². The van der Waals surface area contributed by atoms with Crippen molar-refractivity contribution in [2.75, 3.05) is 14.2 Å². The van der Waals surface area contributed by atoms with E-state index < -0.39 is 12.0 Å². The average molecular weight is 378 g/mol. The lowest BCUT2D eigenvalue weighted by molar-refractivity contribution is -0.145. The van der Waals surface area contributed by atoms with Crippen molar-refractivity contribution in [3.63, 3.8) is 0 Å². The summed E-state index contributed by atoms with van der Waals surface area (Å²) in [6.45, 7) is 0. The molecule has 0 N–H and O–H groups in total. The van der Waals surface area contributed by atoms with Gasteiger partial charge in [-0.3, -0.25) is 4.79 Å². The fourth-order valence-electron chi connectivity index (χ4n) is 1.89. The zero-order valence-corrected chi connectivity index (χ0v) is 12.9. The molecule has 0 aromatic carbocycles. The highest BCUT2D eigenvalue weighted by Gasteiger charge is 2.32. The smallest absolute Gasteiger partial charge is 0.330 e. The fourth-order valence-corrected chi connectivity index (χ4v) is 2.49. The lowest BCUT2D eigenvalue weighted by atomic mass is 10.1. The number of esters is 1. The molecule has 1 saturated carbocycles. The van der Waals surface area contributed by atoms with Crippen LogP contribution in [0.5, 0.6) is 5.88 Å². The van der Waals surface area contributed by atoms with E-state index in [2.05, 4.69) is 5.10 Å². The molecule has 2 rings (SSSR count). The maximum Gasteiger partial charge on any atom is 0.330 e. The van der Waals surface area contributed by atoms with Crippen molar-refractivity contribution in [3.05, 3.63) is 20.0 Å². The summed E-state index contributed by atoms with van der Waals surface area (Å²) in [6.07, 6.45) is 2.76. The molecular formula is C12H15IN2O4. The number of carbonyl (C=O) groups is 1. The molecule has 1 atom stereocenters. The van der Waals surface area contributed by atoms with Crippen molar-refractivity contribution in [3.8, 4) is 5.88 Å². The minimum atomic E-state index is -0.670. The Bertz CT molecular complexity index is 539. The van der Waals surface area contributed by atoms with E-state index in [1.54, 1.807) is 0 Å². The minimum Gasteiger partial charge on any atom is -0.479 e. The van der Waals surface area contributed by atoms with Gasteiger partial charge in [-0.15, -0.1) is 5.10 Å². The summed E-state index contributed by atoms with van der Waals surface area (Å²) in [5.41, 5.74) is -0.318. The summed E-state index contributed by atoms with van der Waals surface area (Å²) in [5, 5.41) is 4.11. The Hall–Kier alpha value is -1.12. The van der Waals surface area contributed by atoms with E-state index in [1.165, 1.54) is 25.0 Å². The molecule has 1 aromatic rings. The van der Waals surface area contributed by atoms with Crippen LogP contribution in [-0.2, 0) is 9.53 Å². The molecule has 19 heavy (non-hydrogen) atoms. The summed E-state index contributed by atoms with van der Waals surface area (Å²) in [4.78, 5) is 23.9. The van der Waals surface area contributed by atoms with Gasteiger partial charge in [0, 0.05) is 6.07 Å². The highest BCUT2D eigenvalue weighted by atomic mass is 127. The molecule has 0 radical (unpaired) electrons. The summed E-state index contributed by atoms with van der Waals surface area (Å²) >= 11 is 1.97. The van der Waals surface area contributed by atoms with Gasteiger partial charge in [-0.25, -0.2) is 9.48 Å². The quantitative estimate of drug-likeness (QED) is 0.572. The third-order valence-corrected chi connectivity index (χ3v) is 3.87. The Morgan fingerprint density at radius 3 is 2.79 bits per heavy atom. The van der Waals surface area contributed by atoms with Crippen molar-refractivity contribution in [1.29, 1.82) is 0 Å².